The predicted molar refractivity (Wildman–Crippen MR) is 96.8 cm³/mol. The molecule has 3 rings (SSSR count). The van der Waals surface area contributed by atoms with Gasteiger partial charge >= 0.3 is 0 Å². The Morgan fingerprint density at radius 3 is 2.75 bits per heavy atom. The van der Waals surface area contributed by atoms with Gasteiger partial charge in [-0.3, -0.25) is 0 Å². The van der Waals surface area contributed by atoms with Crippen molar-refractivity contribution >= 4 is 17.5 Å². The maximum Gasteiger partial charge on any atom is 0.229 e. The maximum atomic E-state index is 5.22. The smallest absolute Gasteiger partial charge is 0.229 e. The van der Waals surface area contributed by atoms with Gasteiger partial charge in [-0.05, 0) is 36.2 Å². The van der Waals surface area contributed by atoms with Crippen molar-refractivity contribution in [3.63, 3.8) is 0 Å². The number of rotatable bonds is 6. The second-order valence-corrected chi connectivity index (χ2v) is 5.40. The molecule has 5 nitrogen and oxygen atoms in total. The molecule has 2 aromatic carbocycles. The first-order valence-corrected chi connectivity index (χ1v) is 7.77. The molecule has 0 fully saturated rings. The molecule has 24 heavy (non-hydrogen) atoms. The Kier molecular flexibility index (Phi) is 4.91. The third-order valence-corrected chi connectivity index (χ3v) is 3.70. The molecular weight excluding hydrogens is 300 g/mol. The second-order valence-electron chi connectivity index (χ2n) is 5.40. The van der Waals surface area contributed by atoms with Crippen LogP contribution in [0.3, 0.4) is 0 Å². The molecule has 5 heteroatoms. The topological polar surface area (TPSA) is 59.1 Å². The van der Waals surface area contributed by atoms with E-state index in [1.165, 1.54) is 11.1 Å². The lowest BCUT2D eigenvalue weighted by molar-refractivity contribution is 0.415. The van der Waals surface area contributed by atoms with Crippen LogP contribution in [0.1, 0.15) is 11.1 Å². The first-order chi connectivity index (χ1) is 11.7. The van der Waals surface area contributed by atoms with Gasteiger partial charge in [0.15, 0.2) is 0 Å². The van der Waals surface area contributed by atoms with Crippen LogP contribution in [0.25, 0.3) is 0 Å². The summed E-state index contributed by atoms with van der Waals surface area (Å²) in [7, 11) is 1.64. The van der Waals surface area contributed by atoms with E-state index in [0.717, 1.165) is 23.8 Å². The van der Waals surface area contributed by atoms with Gasteiger partial charge in [-0.25, -0.2) is 4.98 Å². The minimum absolute atomic E-state index is 0.540. The number of hydrogen-bond donors (Lipinski definition) is 2. The molecule has 0 atom stereocenters. The standard InChI is InChI=1S/C19H20N4O/c1-14-6-3-4-7-15(14)13-21-18-10-11-20-19(23-18)22-16-8-5-9-17(12-16)24-2/h3-12H,13H2,1-2H3,(H2,20,21,22,23). The molecule has 0 saturated carbocycles. The molecule has 0 aliphatic carbocycles. The van der Waals surface area contributed by atoms with Gasteiger partial charge in [0.1, 0.15) is 11.6 Å². The molecule has 0 spiro atoms. The zero-order chi connectivity index (χ0) is 16.8. The summed E-state index contributed by atoms with van der Waals surface area (Å²) in [6.45, 7) is 2.83. The van der Waals surface area contributed by atoms with Crippen LogP contribution in [0, 0.1) is 6.92 Å². The highest BCUT2D eigenvalue weighted by atomic mass is 16.5. The number of anilines is 3. The lowest BCUT2D eigenvalue weighted by Gasteiger charge is -2.10. The first kappa shape index (κ1) is 15.8. The molecule has 0 radical (unpaired) electrons. The van der Waals surface area contributed by atoms with Crippen LogP contribution < -0.4 is 15.4 Å². The molecule has 122 valence electrons. The normalized spacial score (nSPS) is 10.2. The summed E-state index contributed by atoms with van der Waals surface area (Å²) in [5, 5.41) is 6.52. The van der Waals surface area contributed by atoms with Gasteiger partial charge in [0, 0.05) is 24.5 Å². The van der Waals surface area contributed by atoms with E-state index in [9.17, 15) is 0 Å². The Morgan fingerprint density at radius 2 is 1.92 bits per heavy atom. The van der Waals surface area contributed by atoms with Crippen molar-refractivity contribution in [1.29, 1.82) is 0 Å². The van der Waals surface area contributed by atoms with Gasteiger partial charge in [-0.2, -0.15) is 4.98 Å². The fourth-order valence-corrected chi connectivity index (χ4v) is 2.34. The molecule has 2 N–H and O–H groups in total. The van der Waals surface area contributed by atoms with E-state index in [-0.39, 0.29) is 0 Å². The summed E-state index contributed by atoms with van der Waals surface area (Å²) >= 11 is 0. The van der Waals surface area contributed by atoms with E-state index < -0.39 is 0 Å². The zero-order valence-corrected chi connectivity index (χ0v) is 13.8. The highest BCUT2D eigenvalue weighted by Gasteiger charge is 2.02. The largest absolute Gasteiger partial charge is 0.497 e. The Hall–Kier alpha value is -3.08. The molecule has 0 unspecified atom stereocenters. The SMILES string of the molecule is COc1cccc(Nc2nccc(NCc3ccccc3C)n2)c1. The minimum Gasteiger partial charge on any atom is -0.497 e. The lowest BCUT2D eigenvalue weighted by atomic mass is 10.1. The minimum atomic E-state index is 0.540. The van der Waals surface area contributed by atoms with Crippen LogP contribution in [0.5, 0.6) is 5.75 Å². The van der Waals surface area contributed by atoms with E-state index in [2.05, 4.69) is 39.7 Å². The average molecular weight is 320 g/mol. The number of methoxy groups -OCH3 is 1. The zero-order valence-electron chi connectivity index (χ0n) is 13.8. The van der Waals surface area contributed by atoms with Crippen molar-refractivity contribution in [2.24, 2.45) is 0 Å². The number of benzene rings is 2. The number of aromatic nitrogens is 2. The van der Waals surface area contributed by atoms with Crippen molar-refractivity contribution in [2.45, 2.75) is 13.5 Å². The fourth-order valence-electron chi connectivity index (χ4n) is 2.34. The number of nitrogens with zero attached hydrogens (tertiary/aromatic N) is 2. The summed E-state index contributed by atoms with van der Waals surface area (Å²) in [4.78, 5) is 8.75. The van der Waals surface area contributed by atoms with Crippen LogP contribution >= 0.6 is 0 Å². The highest BCUT2D eigenvalue weighted by Crippen LogP contribution is 2.20. The fraction of sp³-hybridized carbons (Fsp3) is 0.158. The Morgan fingerprint density at radius 1 is 1.04 bits per heavy atom. The van der Waals surface area contributed by atoms with Crippen molar-refractivity contribution in [3.8, 4) is 5.75 Å². The first-order valence-electron chi connectivity index (χ1n) is 7.77. The van der Waals surface area contributed by atoms with E-state index in [0.29, 0.717) is 5.95 Å². The average Bonchev–Trinajstić information content (AvgIpc) is 2.61. The number of aryl methyl sites for hydroxylation is 1. The Balaban J connectivity index is 1.68. The van der Waals surface area contributed by atoms with Gasteiger partial charge in [-0.15, -0.1) is 0 Å². The van der Waals surface area contributed by atoms with Crippen molar-refractivity contribution in [2.75, 3.05) is 17.7 Å². The van der Waals surface area contributed by atoms with Gasteiger partial charge in [-0.1, -0.05) is 30.3 Å². The summed E-state index contributed by atoms with van der Waals surface area (Å²) in [5.74, 6) is 2.10. The summed E-state index contributed by atoms with van der Waals surface area (Å²) in [6.07, 6.45) is 1.73. The van der Waals surface area contributed by atoms with Crippen LogP contribution in [-0.2, 0) is 6.54 Å². The lowest BCUT2D eigenvalue weighted by Crippen LogP contribution is -2.05. The van der Waals surface area contributed by atoms with Gasteiger partial charge < -0.3 is 15.4 Å². The summed E-state index contributed by atoms with van der Waals surface area (Å²) < 4.78 is 5.22. The molecule has 0 saturated heterocycles. The number of hydrogen-bond acceptors (Lipinski definition) is 5. The van der Waals surface area contributed by atoms with E-state index >= 15 is 0 Å². The quantitative estimate of drug-likeness (QED) is 0.714. The maximum absolute atomic E-state index is 5.22. The predicted octanol–water partition coefficient (Wildman–Crippen LogP) is 4.15. The molecule has 0 aliphatic rings. The van der Waals surface area contributed by atoms with Gasteiger partial charge in [0.2, 0.25) is 5.95 Å². The molecule has 0 amide bonds. The molecule has 0 bridgehead atoms. The monoisotopic (exact) mass is 320 g/mol. The molecular formula is C19H20N4O. The molecule has 1 aromatic heterocycles. The number of ether oxygens (including phenoxy) is 1. The third kappa shape index (κ3) is 4.01. The van der Waals surface area contributed by atoms with Crippen LogP contribution in [0.4, 0.5) is 17.5 Å². The van der Waals surface area contributed by atoms with Crippen LogP contribution in [-0.4, -0.2) is 17.1 Å². The molecule has 3 aromatic rings. The molecule has 0 aliphatic heterocycles. The third-order valence-electron chi connectivity index (χ3n) is 3.70. The van der Waals surface area contributed by atoms with E-state index in [1.807, 2.05) is 42.5 Å². The van der Waals surface area contributed by atoms with Crippen LogP contribution in [0.15, 0.2) is 60.8 Å². The Bertz CT molecular complexity index is 820. The van der Waals surface area contributed by atoms with Crippen LogP contribution in [0.2, 0.25) is 0 Å². The van der Waals surface area contributed by atoms with Crippen molar-refractivity contribution in [1.82, 2.24) is 9.97 Å². The van der Waals surface area contributed by atoms with Gasteiger partial charge in [0.25, 0.3) is 0 Å². The highest BCUT2D eigenvalue weighted by molar-refractivity contribution is 5.57. The second kappa shape index (κ2) is 7.46. The summed E-state index contributed by atoms with van der Waals surface area (Å²) in [6, 6.07) is 17.8. The van der Waals surface area contributed by atoms with E-state index in [4.69, 9.17) is 4.74 Å². The van der Waals surface area contributed by atoms with E-state index in [1.54, 1.807) is 13.3 Å². The number of nitrogens with one attached hydrogen (secondary N) is 2. The van der Waals surface area contributed by atoms with Gasteiger partial charge in [0.05, 0.1) is 7.11 Å². The van der Waals surface area contributed by atoms with Crippen molar-refractivity contribution in [3.05, 3.63) is 71.9 Å². The summed E-state index contributed by atoms with van der Waals surface area (Å²) in [5.41, 5.74) is 3.39. The Labute approximate surface area is 141 Å². The van der Waals surface area contributed by atoms with Crippen molar-refractivity contribution < 1.29 is 4.74 Å². The molecule has 1 heterocycles.